The first-order valence-corrected chi connectivity index (χ1v) is 3.96. The minimum atomic E-state index is 0.498. The molecule has 1 aromatic heterocycles. The van der Waals surface area contributed by atoms with E-state index in [1.807, 2.05) is 17.5 Å². The van der Waals surface area contributed by atoms with Crippen LogP contribution in [0.1, 0.15) is 4.88 Å². The van der Waals surface area contributed by atoms with Gasteiger partial charge in [0.2, 0.25) is 0 Å². The first kappa shape index (κ1) is 6.75. The van der Waals surface area contributed by atoms with Crippen molar-refractivity contribution < 1.29 is 4.79 Å². The maximum absolute atomic E-state index is 10.0. The molecule has 3 heteroatoms. The van der Waals surface area contributed by atoms with Crippen molar-refractivity contribution in [3.8, 4) is 0 Å². The first-order chi connectivity index (χ1) is 4.34. The van der Waals surface area contributed by atoms with Crippen LogP contribution in [0.5, 0.6) is 0 Å². The zero-order valence-electron chi connectivity index (χ0n) is 4.43. The van der Waals surface area contributed by atoms with Crippen molar-refractivity contribution in [3.05, 3.63) is 22.4 Å². The molecule has 0 unspecified atom stereocenters. The molecule has 9 heavy (non-hydrogen) atoms. The van der Waals surface area contributed by atoms with E-state index in [9.17, 15) is 4.79 Å². The van der Waals surface area contributed by atoms with Gasteiger partial charge >= 0.3 is 0 Å². The van der Waals surface area contributed by atoms with E-state index in [4.69, 9.17) is 0 Å². The Morgan fingerprint density at radius 1 is 1.78 bits per heavy atom. The summed E-state index contributed by atoms with van der Waals surface area (Å²) in [5.41, 5.74) is 0. The molecule has 0 spiro atoms. The lowest BCUT2D eigenvalue weighted by Gasteiger charge is -1.81. The summed E-state index contributed by atoms with van der Waals surface area (Å²) in [5, 5.41) is 1.91. The van der Waals surface area contributed by atoms with Crippen LogP contribution in [-0.2, 0) is 4.79 Å². The van der Waals surface area contributed by atoms with Crippen molar-refractivity contribution in [3.63, 3.8) is 0 Å². The van der Waals surface area contributed by atoms with Crippen molar-refractivity contribution in [2.24, 2.45) is 0 Å². The molecule has 0 aliphatic rings. The summed E-state index contributed by atoms with van der Waals surface area (Å²) in [6.45, 7) is 0. The van der Waals surface area contributed by atoms with E-state index < -0.39 is 0 Å². The highest BCUT2D eigenvalue weighted by molar-refractivity contribution is 9.15. The van der Waals surface area contributed by atoms with Gasteiger partial charge in [-0.05, 0) is 27.4 Å². The Kier molecular flexibility index (Phi) is 2.22. The number of hydrogen-bond donors (Lipinski definition) is 0. The van der Waals surface area contributed by atoms with Crippen molar-refractivity contribution in [2.45, 2.75) is 0 Å². The van der Waals surface area contributed by atoms with E-state index in [0.29, 0.717) is 4.48 Å². The van der Waals surface area contributed by atoms with Gasteiger partial charge in [0.1, 0.15) is 10.4 Å². The Morgan fingerprint density at radius 2 is 2.56 bits per heavy atom. The van der Waals surface area contributed by atoms with Gasteiger partial charge in [0, 0.05) is 0 Å². The van der Waals surface area contributed by atoms with Crippen LogP contribution in [-0.4, -0.2) is 5.94 Å². The van der Waals surface area contributed by atoms with Crippen LogP contribution in [0.25, 0.3) is 4.48 Å². The number of halogens is 1. The van der Waals surface area contributed by atoms with Crippen LogP contribution in [0.3, 0.4) is 0 Å². The van der Waals surface area contributed by atoms with Gasteiger partial charge in [-0.1, -0.05) is 6.07 Å². The number of thiophene rings is 1. The number of rotatable bonds is 1. The fourth-order valence-electron chi connectivity index (χ4n) is 0.454. The third kappa shape index (κ3) is 1.52. The summed E-state index contributed by atoms with van der Waals surface area (Å²) in [7, 11) is 0. The Hall–Kier alpha value is -0.370. The molecule has 0 radical (unpaired) electrons. The molecule has 46 valence electrons. The second kappa shape index (κ2) is 2.97. The molecule has 1 rings (SSSR count). The maximum Gasteiger partial charge on any atom is 0.141 e. The fraction of sp³-hybridized carbons (Fsp3) is 0. The van der Waals surface area contributed by atoms with Crippen LogP contribution < -0.4 is 0 Å². The highest BCUT2D eigenvalue weighted by atomic mass is 79.9. The average Bonchev–Trinajstić information content (AvgIpc) is 2.37. The molecule has 0 atom stereocenters. The Morgan fingerprint density at radius 3 is 3.00 bits per heavy atom. The van der Waals surface area contributed by atoms with E-state index in [1.165, 1.54) is 11.3 Å². The van der Waals surface area contributed by atoms with E-state index in [-0.39, 0.29) is 0 Å². The van der Waals surface area contributed by atoms with Crippen molar-refractivity contribution in [1.29, 1.82) is 0 Å². The standard InChI is InChI=1S/C6H3BrOS/c7-5(4-8)6-2-1-3-9-6/h1-3H. The lowest BCUT2D eigenvalue weighted by molar-refractivity contribution is 0.570. The molecule has 0 N–H and O–H groups in total. The molecule has 0 aliphatic carbocycles. The molecule has 1 aromatic rings. The third-order valence-corrected chi connectivity index (χ3v) is 2.57. The topological polar surface area (TPSA) is 17.1 Å². The monoisotopic (exact) mass is 202 g/mol. The van der Waals surface area contributed by atoms with Gasteiger partial charge in [-0.25, -0.2) is 4.79 Å². The summed E-state index contributed by atoms with van der Waals surface area (Å²) >= 11 is 4.58. The van der Waals surface area contributed by atoms with Crippen LogP contribution in [0.2, 0.25) is 0 Å². The predicted molar refractivity (Wildman–Crippen MR) is 42.3 cm³/mol. The van der Waals surface area contributed by atoms with Gasteiger partial charge in [-0.2, -0.15) is 0 Å². The SMILES string of the molecule is O=C=C(Br)c1cccs1. The summed E-state index contributed by atoms with van der Waals surface area (Å²) in [6, 6.07) is 3.75. The van der Waals surface area contributed by atoms with E-state index in [2.05, 4.69) is 15.9 Å². The minimum absolute atomic E-state index is 0.498. The highest BCUT2D eigenvalue weighted by Crippen LogP contribution is 2.22. The van der Waals surface area contributed by atoms with E-state index >= 15 is 0 Å². The molecule has 0 aliphatic heterocycles. The molecule has 0 aromatic carbocycles. The second-order valence-corrected chi connectivity index (χ2v) is 3.13. The Labute approximate surface area is 65.1 Å². The molecule has 0 fully saturated rings. The molecule has 1 nitrogen and oxygen atoms in total. The third-order valence-electron chi connectivity index (χ3n) is 0.827. The van der Waals surface area contributed by atoms with Crippen LogP contribution in [0.4, 0.5) is 0 Å². The number of carbonyl (C=O) groups excluding carboxylic acids is 1. The second-order valence-electron chi connectivity index (χ2n) is 1.39. The Balaban J connectivity index is 3.03. The maximum atomic E-state index is 10.0. The lowest BCUT2D eigenvalue weighted by atomic mass is 10.5. The molecule has 0 bridgehead atoms. The predicted octanol–water partition coefficient (Wildman–Crippen LogP) is 2.32. The van der Waals surface area contributed by atoms with Gasteiger partial charge in [0.25, 0.3) is 0 Å². The fourth-order valence-corrected chi connectivity index (χ4v) is 1.47. The quantitative estimate of drug-likeness (QED) is 0.640. The molecule has 0 saturated carbocycles. The zero-order valence-corrected chi connectivity index (χ0v) is 6.83. The first-order valence-electron chi connectivity index (χ1n) is 2.29. The largest absolute Gasteiger partial charge is 0.232 e. The van der Waals surface area contributed by atoms with Crippen LogP contribution in [0, 0.1) is 0 Å². The minimum Gasteiger partial charge on any atom is -0.232 e. The zero-order chi connectivity index (χ0) is 6.69. The molecular formula is C6H3BrOS. The van der Waals surface area contributed by atoms with Gasteiger partial charge in [-0.3, -0.25) is 0 Å². The average molecular weight is 203 g/mol. The van der Waals surface area contributed by atoms with Gasteiger partial charge in [0.15, 0.2) is 0 Å². The van der Waals surface area contributed by atoms with Crippen LogP contribution >= 0.6 is 27.3 Å². The Bertz CT molecular complexity index is 234. The summed E-state index contributed by atoms with van der Waals surface area (Å²) in [4.78, 5) is 10.9. The summed E-state index contributed by atoms with van der Waals surface area (Å²) in [6.07, 6.45) is 0. The van der Waals surface area contributed by atoms with E-state index in [0.717, 1.165) is 4.88 Å². The number of hydrogen-bond acceptors (Lipinski definition) is 2. The van der Waals surface area contributed by atoms with Crippen LogP contribution in [0.15, 0.2) is 17.5 Å². The molecule has 1 heterocycles. The molecular weight excluding hydrogens is 200 g/mol. The van der Waals surface area contributed by atoms with E-state index in [1.54, 1.807) is 5.94 Å². The smallest absolute Gasteiger partial charge is 0.141 e. The molecule has 0 saturated heterocycles. The highest BCUT2D eigenvalue weighted by Gasteiger charge is 1.95. The van der Waals surface area contributed by atoms with Crippen molar-refractivity contribution in [2.75, 3.05) is 0 Å². The van der Waals surface area contributed by atoms with Crippen molar-refractivity contribution in [1.82, 2.24) is 0 Å². The van der Waals surface area contributed by atoms with Crippen molar-refractivity contribution >= 4 is 37.7 Å². The summed E-state index contributed by atoms with van der Waals surface area (Å²) < 4.78 is 0.498. The molecule has 0 amide bonds. The van der Waals surface area contributed by atoms with Gasteiger partial charge in [-0.15, -0.1) is 11.3 Å². The van der Waals surface area contributed by atoms with Gasteiger partial charge in [0.05, 0.1) is 4.88 Å². The normalized spacial score (nSPS) is 8.56. The lowest BCUT2D eigenvalue weighted by Crippen LogP contribution is -1.63. The van der Waals surface area contributed by atoms with Gasteiger partial charge < -0.3 is 0 Å². The summed E-state index contributed by atoms with van der Waals surface area (Å²) in [5.74, 6) is 1.76.